The maximum atomic E-state index is 8.68. The highest BCUT2D eigenvalue weighted by molar-refractivity contribution is 9.10. The second kappa shape index (κ2) is 3.51. The molecule has 11 heavy (non-hydrogen) atoms. The summed E-state index contributed by atoms with van der Waals surface area (Å²) in [6.45, 7) is 0.920. The van der Waals surface area contributed by atoms with Crippen LogP contribution in [0.15, 0.2) is 22.7 Å². The molecule has 0 aromatic heterocycles. The van der Waals surface area contributed by atoms with Gasteiger partial charge < -0.3 is 5.11 Å². The Labute approximate surface area is 73.2 Å². The number of nitrogens with zero attached hydrogens (tertiary/aromatic N) is 1. The average molecular weight is 211 g/mol. The number of nitriles is 1. The van der Waals surface area contributed by atoms with Crippen molar-refractivity contribution in [1.82, 2.24) is 0 Å². The van der Waals surface area contributed by atoms with Gasteiger partial charge in [-0.05, 0) is 18.2 Å². The highest BCUT2D eigenvalue weighted by Crippen LogP contribution is 2.16. The van der Waals surface area contributed by atoms with Crippen LogP contribution in [-0.2, 0) is 0 Å². The van der Waals surface area contributed by atoms with E-state index in [0.29, 0.717) is 11.1 Å². The molecular formula is C8H5BrNO. The van der Waals surface area contributed by atoms with Crippen molar-refractivity contribution in [2.24, 2.45) is 0 Å². The third kappa shape index (κ3) is 1.79. The molecule has 0 heterocycles. The molecule has 1 aromatic carbocycles. The van der Waals surface area contributed by atoms with Gasteiger partial charge in [0.25, 0.3) is 0 Å². The molecule has 0 aliphatic heterocycles. The predicted octanol–water partition coefficient (Wildman–Crippen LogP) is 2.20. The fourth-order valence-corrected chi connectivity index (χ4v) is 1.12. The second-order valence-electron chi connectivity index (χ2n) is 1.97. The molecule has 1 N–H and O–H groups in total. The number of rotatable bonds is 1. The maximum Gasteiger partial charge on any atom is 0.110 e. The number of hydrogen-bond donors (Lipinski definition) is 1. The third-order valence-corrected chi connectivity index (χ3v) is 1.77. The summed E-state index contributed by atoms with van der Waals surface area (Å²) in [6, 6.07) is 7.04. The van der Waals surface area contributed by atoms with Gasteiger partial charge in [0, 0.05) is 10.0 Å². The van der Waals surface area contributed by atoms with Crippen molar-refractivity contribution in [3.63, 3.8) is 0 Å². The normalized spacial score (nSPS) is 9.18. The maximum absolute atomic E-state index is 8.68. The minimum atomic E-state index is 0.468. The fraction of sp³-hybridized carbons (Fsp3) is 0. The largest absolute Gasteiger partial charge is 0.385 e. The summed E-state index contributed by atoms with van der Waals surface area (Å²) in [7, 11) is 0. The SMILES string of the molecule is N#Cc1ccc(Br)cc1[CH]O. The lowest BCUT2D eigenvalue weighted by Gasteiger charge is -1.98. The Bertz CT molecular complexity index is 303. The molecule has 55 valence electrons. The molecule has 0 spiro atoms. The molecule has 0 fully saturated rings. The Morgan fingerprint density at radius 1 is 1.55 bits per heavy atom. The van der Waals surface area contributed by atoms with Crippen LogP contribution in [0.25, 0.3) is 0 Å². The molecule has 0 aliphatic rings. The highest BCUT2D eigenvalue weighted by Gasteiger charge is 2.00. The van der Waals surface area contributed by atoms with Crippen molar-refractivity contribution in [2.75, 3.05) is 0 Å². The standard InChI is InChI=1S/C8H5BrNO/c9-8-2-1-6(4-10)7(3-8)5-11/h1-3,5,11H. The van der Waals surface area contributed by atoms with Gasteiger partial charge in [0.1, 0.15) is 6.61 Å². The van der Waals surface area contributed by atoms with Crippen molar-refractivity contribution >= 4 is 15.9 Å². The van der Waals surface area contributed by atoms with Crippen LogP contribution in [-0.4, -0.2) is 5.11 Å². The lowest BCUT2D eigenvalue weighted by molar-refractivity contribution is 0.414. The van der Waals surface area contributed by atoms with E-state index >= 15 is 0 Å². The second-order valence-corrected chi connectivity index (χ2v) is 2.89. The summed E-state index contributed by atoms with van der Waals surface area (Å²) in [4.78, 5) is 0. The van der Waals surface area contributed by atoms with Crippen LogP contribution in [0.2, 0.25) is 0 Å². The first-order valence-corrected chi connectivity index (χ1v) is 3.74. The Morgan fingerprint density at radius 3 is 2.82 bits per heavy atom. The lowest BCUT2D eigenvalue weighted by Crippen LogP contribution is -1.86. The summed E-state index contributed by atoms with van der Waals surface area (Å²) in [5.74, 6) is 0. The Hall–Kier alpha value is -0.850. The van der Waals surface area contributed by atoms with Crippen LogP contribution in [0.5, 0.6) is 0 Å². The summed E-state index contributed by atoms with van der Waals surface area (Å²) >= 11 is 3.23. The van der Waals surface area contributed by atoms with E-state index in [9.17, 15) is 0 Å². The predicted molar refractivity (Wildman–Crippen MR) is 44.2 cm³/mol. The third-order valence-electron chi connectivity index (χ3n) is 1.27. The zero-order valence-corrected chi connectivity index (χ0v) is 7.17. The summed E-state index contributed by atoms with van der Waals surface area (Å²) < 4.78 is 0.844. The lowest BCUT2D eigenvalue weighted by atomic mass is 10.1. The molecule has 2 nitrogen and oxygen atoms in total. The topological polar surface area (TPSA) is 44.0 Å². The summed E-state index contributed by atoms with van der Waals surface area (Å²) in [6.07, 6.45) is 0. The Balaban J connectivity index is 3.19. The zero-order chi connectivity index (χ0) is 8.27. The van der Waals surface area contributed by atoms with Crippen molar-refractivity contribution in [3.8, 4) is 6.07 Å². The molecule has 1 radical (unpaired) electrons. The van der Waals surface area contributed by atoms with Crippen LogP contribution in [0.1, 0.15) is 11.1 Å². The first kappa shape index (κ1) is 8.25. The molecular weight excluding hydrogens is 206 g/mol. The molecule has 0 atom stereocenters. The van der Waals surface area contributed by atoms with E-state index in [1.54, 1.807) is 18.2 Å². The molecule has 0 bridgehead atoms. The number of halogens is 1. The van der Waals surface area contributed by atoms with Gasteiger partial charge in [-0.25, -0.2) is 0 Å². The molecule has 0 saturated heterocycles. The van der Waals surface area contributed by atoms with Gasteiger partial charge in [0.2, 0.25) is 0 Å². The van der Waals surface area contributed by atoms with Crippen LogP contribution < -0.4 is 0 Å². The van der Waals surface area contributed by atoms with E-state index in [1.165, 1.54) is 0 Å². The minimum Gasteiger partial charge on any atom is -0.385 e. The quantitative estimate of drug-likeness (QED) is 0.773. The number of hydrogen-bond acceptors (Lipinski definition) is 2. The molecule has 0 unspecified atom stereocenters. The van der Waals surface area contributed by atoms with Gasteiger partial charge >= 0.3 is 0 Å². The molecule has 1 rings (SSSR count). The van der Waals surface area contributed by atoms with Crippen molar-refractivity contribution in [1.29, 1.82) is 5.26 Å². The van der Waals surface area contributed by atoms with Gasteiger partial charge in [0.15, 0.2) is 0 Å². The number of aliphatic hydroxyl groups excluding tert-OH is 1. The van der Waals surface area contributed by atoms with E-state index < -0.39 is 0 Å². The average Bonchev–Trinajstić information content (AvgIpc) is 2.04. The fourth-order valence-electron chi connectivity index (χ4n) is 0.742. The van der Waals surface area contributed by atoms with E-state index in [4.69, 9.17) is 10.4 Å². The molecule has 3 heteroatoms. The zero-order valence-electron chi connectivity index (χ0n) is 5.58. The van der Waals surface area contributed by atoms with Gasteiger partial charge in [-0.15, -0.1) is 0 Å². The number of aliphatic hydroxyl groups is 1. The first-order valence-electron chi connectivity index (χ1n) is 2.95. The smallest absolute Gasteiger partial charge is 0.110 e. The van der Waals surface area contributed by atoms with Crippen LogP contribution in [0.4, 0.5) is 0 Å². The molecule has 0 aliphatic carbocycles. The van der Waals surface area contributed by atoms with Crippen LogP contribution in [0.3, 0.4) is 0 Å². The van der Waals surface area contributed by atoms with Gasteiger partial charge in [-0.1, -0.05) is 15.9 Å². The Kier molecular flexibility index (Phi) is 2.64. The van der Waals surface area contributed by atoms with E-state index in [1.807, 2.05) is 6.07 Å². The van der Waals surface area contributed by atoms with E-state index in [-0.39, 0.29) is 0 Å². The first-order chi connectivity index (χ1) is 5.27. The van der Waals surface area contributed by atoms with Gasteiger partial charge in [-0.3, -0.25) is 0 Å². The minimum absolute atomic E-state index is 0.468. The number of benzene rings is 1. The summed E-state index contributed by atoms with van der Waals surface area (Å²) in [5.41, 5.74) is 0.998. The molecule has 1 aromatic rings. The van der Waals surface area contributed by atoms with E-state index in [0.717, 1.165) is 11.1 Å². The van der Waals surface area contributed by atoms with Crippen molar-refractivity contribution in [3.05, 3.63) is 40.4 Å². The molecule has 0 saturated carbocycles. The van der Waals surface area contributed by atoms with Crippen molar-refractivity contribution in [2.45, 2.75) is 0 Å². The highest BCUT2D eigenvalue weighted by atomic mass is 79.9. The van der Waals surface area contributed by atoms with Gasteiger partial charge in [0.05, 0.1) is 11.6 Å². The van der Waals surface area contributed by atoms with Gasteiger partial charge in [-0.2, -0.15) is 5.26 Å². The summed E-state index contributed by atoms with van der Waals surface area (Å²) in [5, 5.41) is 17.2. The van der Waals surface area contributed by atoms with E-state index in [2.05, 4.69) is 15.9 Å². The monoisotopic (exact) mass is 210 g/mol. The van der Waals surface area contributed by atoms with Crippen LogP contribution in [0, 0.1) is 17.9 Å². The van der Waals surface area contributed by atoms with Crippen LogP contribution >= 0.6 is 15.9 Å². The molecule has 0 amide bonds. The Morgan fingerprint density at radius 2 is 2.27 bits per heavy atom. The van der Waals surface area contributed by atoms with Crippen molar-refractivity contribution < 1.29 is 5.11 Å².